The summed E-state index contributed by atoms with van der Waals surface area (Å²) in [6.45, 7) is 2.56. The summed E-state index contributed by atoms with van der Waals surface area (Å²) in [6, 6.07) is 6.63. The molecule has 0 amide bonds. The fourth-order valence-electron chi connectivity index (χ4n) is 2.01. The van der Waals surface area contributed by atoms with Gasteiger partial charge < -0.3 is 9.63 Å². The smallest absolute Gasteiger partial charge is 0.322 e. The maximum Gasteiger partial charge on any atom is 0.322 e. The number of hydrogen-bond donors (Lipinski definition) is 1. The molecule has 8 heteroatoms. The molecule has 0 fully saturated rings. The van der Waals surface area contributed by atoms with Gasteiger partial charge in [-0.15, -0.1) is 11.3 Å². The molecule has 5 nitrogen and oxygen atoms in total. The van der Waals surface area contributed by atoms with Crippen LogP contribution < -0.4 is 0 Å². The van der Waals surface area contributed by atoms with Gasteiger partial charge in [-0.05, 0) is 12.5 Å². The van der Waals surface area contributed by atoms with Gasteiger partial charge in [0.2, 0.25) is 5.82 Å². The molecule has 0 aliphatic rings. The summed E-state index contributed by atoms with van der Waals surface area (Å²) in [5.74, 6) is -3.83. The summed E-state index contributed by atoms with van der Waals surface area (Å²) in [5.41, 5.74) is 1.74. The number of benzene rings is 1. The van der Waals surface area contributed by atoms with Crippen molar-refractivity contribution in [2.45, 2.75) is 25.9 Å². The minimum Gasteiger partial charge on any atom is -0.382 e. The molecule has 3 aromatic rings. The van der Waals surface area contributed by atoms with E-state index < -0.39 is 17.9 Å². The Bertz CT molecular complexity index is 809. The van der Waals surface area contributed by atoms with E-state index in [0.29, 0.717) is 23.7 Å². The second-order valence-electron chi connectivity index (χ2n) is 5.13. The van der Waals surface area contributed by atoms with E-state index in [2.05, 4.69) is 19.6 Å². The van der Waals surface area contributed by atoms with E-state index in [4.69, 9.17) is 0 Å². The molecule has 2 aromatic heterocycles. The van der Waals surface area contributed by atoms with Gasteiger partial charge in [-0.25, -0.2) is 4.98 Å². The summed E-state index contributed by atoms with van der Waals surface area (Å²) in [5, 5.41) is 16.5. The molecule has 0 aliphatic carbocycles. The first-order valence-electron chi connectivity index (χ1n) is 6.77. The molecular formula is C15H13F2N3O2S. The van der Waals surface area contributed by atoms with E-state index in [0.717, 1.165) is 5.01 Å². The normalized spacial score (nSPS) is 13.3. The molecule has 1 N–H and O–H groups in total. The van der Waals surface area contributed by atoms with Crippen LogP contribution in [0.25, 0.3) is 11.4 Å². The average molecular weight is 337 g/mol. The number of aromatic nitrogens is 3. The van der Waals surface area contributed by atoms with E-state index in [1.54, 1.807) is 29.6 Å². The van der Waals surface area contributed by atoms with Crippen LogP contribution >= 0.6 is 11.3 Å². The number of nitrogens with zero attached hydrogens (tertiary/aromatic N) is 3. The van der Waals surface area contributed by atoms with E-state index in [9.17, 15) is 13.9 Å². The van der Waals surface area contributed by atoms with Crippen LogP contribution in [0.4, 0.5) is 8.78 Å². The number of rotatable bonds is 4. The first kappa shape index (κ1) is 15.7. The number of aliphatic hydroxyl groups excluding tert-OH is 1. The number of hydrogen-bond acceptors (Lipinski definition) is 6. The molecule has 3 rings (SSSR count). The molecule has 0 spiro atoms. The fourth-order valence-corrected chi connectivity index (χ4v) is 2.64. The molecular weight excluding hydrogens is 324 g/mol. The standard InChI is InChI=1S/C15H13F2N3O2S/c1-8-18-11(7-23-8)12(21)9-3-5-10(6-4-9)13-19-14(22-20-13)15(2,16)17/h3-7,12,21H,1-2H3. The molecule has 0 bridgehead atoms. The van der Waals surface area contributed by atoms with Crippen molar-refractivity contribution in [1.82, 2.24) is 15.1 Å². The minimum atomic E-state index is -3.18. The van der Waals surface area contributed by atoms with Gasteiger partial charge in [-0.1, -0.05) is 29.4 Å². The van der Waals surface area contributed by atoms with Crippen LogP contribution in [0.3, 0.4) is 0 Å². The highest BCUT2D eigenvalue weighted by Crippen LogP contribution is 2.29. The Morgan fingerprint density at radius 3 is 2.43 bits per heavy atom. The Hall–Kier alpha value is -2.19. The van der Waals surface area contributed by atoms with Crippen LogP contribution in [-0.4, -0.2) is 20.2 Å². The highest BCUT2D eigenvalue weighted by molar-refractivity contribution is 7.09. The van der Waals surface area contributed by atoms with Gasteiger partial charge in [0, 0.05) is 17.9 Å². The lowest BCUT2D eigenvalue weighted by atomic mass is 10.0. The quantitative estimate of drug-likeness (QED) is 0.786. The van der Waals surface area contributed by atoms with E-state index in [-0.39, 0.29) is 5.82 Å². The van der Waals surface area contributed by atoms with Crippen molar-refractivity contribution in [3.05, 3.63) is 51.8 Å². The lowest BCUT2D eigenvalue weighted by Gasteiger charge is -2.08. The van der Waals surface area contributed by atoms with Crippen molar-refractivity contribution in [3.8, 4) is 11.4 Å². The lowest BCUT2D eigenvalue weighted by molar-refractivity contribution is -0.0158. The third-order valence-electron chi connectivity index (χ3n) is 3.20. The third kappa shape index (κ3) is 3.27. The lowest BCUT2D eigenvalue weighted by Crippen LogP contribution is -2.07. The number of aliphatic hydroxyl groups is 1. The van der Waals surface area contributed by atoms with Crippen LogP contribution in [0.2, 0.25) is 0 Å². The zero-order valence-corrected chi connectivity index (χ0v) is 13.1. The highest BCUT2D eigenvalue weighted by Gasteiger charge is 2.32. The fraction of sp³-hybridized carbons (Fsp3) is 0.267. The largest absolute Gasteiger partial charge is 0.382 e. The van der Waals surface area contributed by atoms with Gasteiger partial charge in [0.25, 0.3) is 5.89 Å². The van der Waals surface area contributed by atoms with Gasteiger partial charge in [0.05, 0.1) is 10.7 Å². The Morgan fingerprint density at radius 1 is 1.22 bits per heavy atom. The molecule has 1 aromatic carbocycles. The van der Waals surface area contributed by atoms with Crippen molar-refractivity contribution in [1.29, 1.82) is 0 Å². The van der Waals surface area contributed by atoms with E-state index in [1.807, 2.05) is 6.92 Å². The second-order valence-corrected chi connectivity index (χ2v) is 6.19. The Kier molecular flexibility index (Phi) is 3.95. The van der Waals surface area contributed by atoms with Gasteiger partial charge in [0.1, 0.15) is 6.10 Å². The highest BCUT2D eigenvalue weighted by atomic mass is 32.1. The first-order chi connectivity index (χ1) is 10.8. The molecule has 23 heavy (non-hydrogen) atoms. The van der Waals surface area contributed by atoms with E-state index in [1.165, 1.54) is 11.3 Å². The molecule has 0 saturated heterocycles. The van der Waals surface area contributed by atoms with E-state index >= 15 is 0 Å². The number of halogens is 2. The van der Waals surface area contributed by atoms with Crippen LogP contribution in [0, 0.1) is 6.92 Å². The minimum absolute atomic E-state index is 0.0760. The zero-order chi connectivity index (χ0) is 16.6. The monoisotopic (exact) mass is 337 g/mol. The summed E-state index contributed by atoms with van der Waals surface area (Å²) < 4.78 is 30.8. The molecule has 0 saturated carbocycles. The van der Waals surface area contributed by atoms with Gasteiger partial charge >= 0.3 is 5.92 Å². The maximum atomic E-state index is 13.1. The van der Waals surface area contributed by atoms with Gasteiger partial charge in [0.15, 0.2) is 0 Å². The number of thiazole rings is 1. The predicted molar refractivity (Wildman–Crippen MR) is 80.2 cm³/mol. The van der Waals surface area contributed by atoms with Crippen molar-refractivity contribution in [3.63, 3.8) is 0 Å². The Labute approximate surface area is 134 Å². The van der Waals surface area contributed by atoms with Gasteiger partial charge in [-0.2, -0.15) is 13.8 Å². The predicted octanol–water partition coefficient (Wildman–Crippen LogP) is 3.69. The van der Waals surface area contributed by atoms with Crippen molar-refractivity contribution >= 4 is 11.3 Å². The van der Waals surface area contributed by atoms with Crippen LogP contribution in [0.5, 0.6) is 0 Å². The topological polar surface area (TPSA) is 72.0 Å². The number of alkyl halides is 2. The molecule has 120 valence electrons. The summed E-state index contributed by atoms with van der Waals surface area (Å²) in [7, 11) is 0. The number of aryl methyl sites for hydroxylation is 1. The zero-order valence-electron chi connectivity index (χ0n) is 12.3. The Balaban J connectivity index is 1.83. The van der Waals surface area contributed by atoms with Crippen LogP contribution in [-0.2, 0) is 5.92 Å². The SMILES string of the molecule is Cc1nc(C(O)c2ccc(-c3noc(C(C)(F)F)n3)cc2)cs1. The van der Waals surface area contributed by atoms with Crippen molar-refractivity contribution in [2.75, 3.05) is 0 Å². The summed E-state index contributed by atoms with van der Waals surface area (Å²) >= 11 is 1.46. The molecule has 0 aliphatic heterocycles. The Morgan fingerprint density at radius 2 is 1.91 bits per heavy atom. The summed E-state index contributed by atoms with van der Waals surface area (Å²) in [4.78, 5) is 7.93. The molecule has 1 atom stereocenters. The molecule has 1 unspecified atom stereocenters. The molecule has 0 radical (unpaired) electrons. The van der Waals surface area contributed by atoms with Crippen molar-refractivity contribution in [2.24, 2.45) is 0 Å². The second kappa shape index (κ2) is 5.78. The van der Waals surface area contributed by atoms with Gasteiger partial charge in [-0.3, -0.25) is 0 Å². The van der Waals surface area contributed by atoms with Crippen LogP contribution in [0.1, 0.15) is 35.2 Å². The molecule has 2 heterocycles. The summed E-state index contributed by atoms with van der Waals surface area (Å²) in [6.07, 6.45) is -0.838. The maximum absolute atomic E-state index is 13.1. The first-order valence-corrected chi connectivity index (χ1v) is 7.65. The third-order valence-corrected chi connectivity index (χ3v) is 3.99. The van der Waals surface area contributed by atoms with Crippen molar-refractivity contribution < 1.29 is 18.4 Å². The van der Waals surface area contributed by atoms with Crippen LogP contribution in [0.15, 0.2) is 34.2 Å². The average Bonchev–Trinajstić information content (AvgIpc) is 3.15.